The number of hydrogen-bond acceptors (Lipinski definition) is 2. The van der Waals surface area contributed by atoms with Gasteiger partial charge in [-0.3, -0.25) is 0 Å². The Kier molecular flexibility index (Phi) is 7.19. The van der Waals surface area contributed by atoms with Crippen molar-refractivity contribution >= 4 is 0 Å². The number of rotatable bonds is 9. The summed E-state index contributed by atoms with van der Waals surface area (Å²) in [4.78, 5) is 0. The van der Waals surface area contributed by atoms with Crippen LogP contribution in [-0.2, 0) is 11.2 Å². The number of unbranched alkanes of at least 4 members (excludes halogenated alkanes) is 1. The maximum atomic E-state index is 5.66. The van der Waals surface area contributed by atoms with Crippen molar-refractivity contribution < 1.29 is 9.47 Å². The van der Waals surface area contributed by atoms with E-state index in [9.17, 15) is 0 Å². The number of hydrogen-bond donors (Lipinski definition) is 0. The standard InChI is InChI=1S/C16H24O2/c1-4-15-7-9-16(10-8-15)18-12-6-5-11-17-13-14(2)3/h7-10H,2,4-6,11-13H2,1,3H3. The van der Waals surface area contributed by atoms with Gasteiger partial charge >= 0.3 is 0 Å². The first-order chi connectivity index (χ1) is 8.72. The molecule has 0 heterocycles. The van der Waals surface area contributed by atoms with Crippen LogP contribution in [0, 0.1) is 0 Å². The van der Waals surface area contributed by atoms with Gasteiger partial charge in [-0.05, 0) is 43.9 Å². The Morgan fingerprint density at radius 1 is 1.11 bits per heavy atom. The number of benzene rings is 1. The fraction of sp³-hybridized carbons (Fsp3) is 0.500. The van der Waals surface area contributed by atoms with Crippen LogP contribution in [0.25, 0.3) is 0 Å². The normalized spacial score (nSPS) is 10.3. The summed E-state index contributed by atoms with van der Waals surface area (Å²) in [6, 6.07) is 8.31. The van der Waals surface area contributed by atoms with Crippen molar-refractivity contribution in [2.75, 3.05) is 19.8 Å². The zero-order valence-electron chi connectivity index (χ0n) is 11.6. The molecule has 0 aliphatic carbocycles. The van der Waals surface area contributed by atoms with Gasteiger partial charge in [-0.2, -0.15) is 0 Å². The van der Waals surface area contributed by atoms with E-state index < -0.39 is 0 Å². The minimum Gasteiger partial charge on any atom is -0.494 e. The van der Waals surface area contributed by atoms with Crippen LogP contribution in [-0.4, -0.2) is 19.8 Å². The van der Waals surface area contributed by atoms with E-state index in [1.165, 1.54) is 5.56 Å². The first-order valence-electron chi connectivity index (χ1n) is 6.66. The van der Waals surface area contributed by atoms with Crippen LogP contribution < -0.4 is 4.74 Å². The average Bonchev–Trinajstić information content (AvgIpc) is 2.38. The zero-order valence-corrected chi connectivity index (χ0v) is 11.6. The Morgan fingerprint density at radius 2 is 1.78 bits per heavy atom. The molecule has 2 nitrogen and oxygen atoms in total. The maximum Gasteiger partial charge on any atom is 0.119 e. The Morgan fingerprint density at radius 3 is 2.39 bits per heavy atom. The van der Waals surface area contributed by atoms with E-state index in [0.717, 1.165) is 43.8 Å². The molecule has 1 rings (SSSR count). The smallest absolute Gasteiger partial charge is 0.119 e. The molecule has 1 aromatic carbocycles. The molecule has 2 heteroatoms. The molecule has 0 unspecified atom stereocenters. The van der Waals surface area contributed by atoms with Crippen LogP contribution in [0.5, 0.6) is 5.75 Å². The number of ether oxygens (including phenoxy) is 2. The molecule has 0 saturated carbocycles. The van der Waals surface area contributed by atoms with Gasteiger partial charge < -0.3 is 9.47 Å². The largest absolute Gasteiger partial charge is 0.494 e. The lowest BCUT2D eigenvalue weighted by atomic mass is 10.2. The second kappa shape index (κ2) is 8.76. The summed E-state index contributed by atoms with van der Waals surface area (Å²) in [6.07, 6.45) is 3.12. The monoisotopic (exact) mass is 248 g/mol. The van der Waals surface area contributed by atoms with E-state index in [2.05, 4.69) is 25.6 Å². The number of aryl methyl sites for hydroxylation is 1. The average molecular weight is 248 g/mol. The quantitative estimate of drug-likeness (QED) is 0.486. The summed E-state index contributed by atoms with van der Waals surface area (Å²) < 4.78 is 11.1. The molecule has 0 aliphatic heterocycles. The third-order valence-corrected chi connectivity index (χ3v) is 2.63. The van der Waals surface area contributed by atoms with E-state index >= 15 is 0 Å². The van der Waals surface area contributed by atoms with Crippen molar-refractivity contribution in [2.24, 2.45) is 0 Å². The molecule has 0 bridgehead atoms. The Hall–Kier alpha value is -1.28. The maximum absolute atomic E-state index is 5.66. The molecule has 0 radical (unpaired) electrons. The van der Waals surface area contributed by atoms with Crippen molar-refractivity contribution in [2.45, 2.75) is 33.1 Å². The van der Waals surface area contributed by atoms with Gasteiger partial charge in [0.15, 0.2) is 0 Å². The molecule has 100 valence electrons. The van der Waals surface area contributed by atoms with Crippen molar-refractivity contribution in [3.05, 3.63) is 42.0 Å². The highest BCUT2D eigenvalue weighted by Crippen LogP contribution is 2.12. The molecule has 0 N–H and O–H groups in total. The summed E-state index contributed by atoms with van der Waals surface area (Å²) in [5, 5.41) is 0. The molecule has 0 saturated heterocycles. The van der Waals surface area contributed by atoms with Crippen molar-refractivity contribution in [3.63, 3.8) is 0 Å². The van der Waals surface area contributed by atoms with E-state index in [0.29, 0.717) is 6.61 Å². The van der Waals surface area contributed by atoms with Crippen LogP contribution in [0.15, 0.2) is 36.4 Å². The van der Waals surface area contributed by atoms with E-state index in [1.807, 2.05) is 19.1 Å². The van der Waals surface area contributed by atoms with Crippen LogP contribution in [0.1, 0.15) is 32.3 Å². The SMILES string of the molecule is C=C(C)COCCCCOc1ccc(CC)cc1. The van der Waals surface area contributed by atoms with E-state index in [1.54, 1.807) is 0 Å². The summed E-state index contributed by atoms with van der Waals surface area (Å²) in [7, 11) is 0. The van der Waals surface area contributed by atoms with Crippen LogP contribution in [0.4, 0.5) is 0 Å². The molecular weight excluding hydrogens is 224 g/mol. The highest BCUT2D eigenvalue weighted by Gasteiger charge is 1.95. The third-order valence-electron chi connectivity index (χ3n) is 2.63. The lowest BCUT2D eigenvalue weighted by molar-refractivity contribution is 0.147. The summed E-state index contributed by atoms with van der Waals surface area (Å²) in [6.45, 7) is 10.1. The van der Waals surface area contributed by atoms with Crippen molar-refractivity contribution in [3.8, 4) is 5.75 Å². The Balaban J connectivity index is 2.05. The minimum absolute atomic E-state index is 0.666. The topological polar surface area (TPSA) is 18.5 Å². The van der Waals surface area contributed by atoms with Gasteiger partial charge in [0.25, 0.3) is 0 Å². The molecule has 0 spiro atoms. The summed E-state index contributed by atoms with van der Waals surface area (Å²) >= 11 is 0. The van der Waals surface area contributed by atoms with Crippen LogP contribution in [0.2, 0.25) is 0 Å². The lowest BCUT2D eigenvalue weighted by Crippen LogP contribution is -2.02. The van der Waals surface area contributed by atoms with Crippen molar-refractivity contribution in [1.29, 1.82) is 0 Å². The zero-order chi connectivity index (χ0) is 13.2. The Bertz CT molecular complexity index is 341. The molecule has 0 atom stereocenters. The van der Waals surface area contributed by atoms with Gasteiger partial charge in [0, 0.05) is 6.61 Å². The minimum atomic E-state index is 0.666. The second-order valence-corrected chi connectivity index (χ2v) is 4.56. The molecular formula is C16H24O2. The first kappa shape index (κ1) is 14.8. The van der Waals surface area contributed by atoms with E-state index in [-0.39, 0.29) is 0 Å². The van der Waals surface area contributed by atoms with Crippen LogP contribution >= 0.6 is 0 Å². The lowest BCUT2D eigenvalue weighted by Gasteiger charge is -2.07. The van der Waals surface area contributed by atoms with E-state index in [4.69, 9.17) is 9.47 Å². The van der Waals surface area contributed by atoms with Crippen LogP contribution in [0.3, 0.4) is 0 Å². The molecule has 0 amide bonds. The predicted molar refractivity (Wildman–Crippen MR) is 76.2 cm³/mol. The van der Waals surface area contributed by atoms with Gasteiger partial charge in [-0.15, -0.1) is 0 Å². The Labute approximate surface area is 111 Å². The van der Waals surface area contributed by atoms with Gasteiger partial charge in [-0.25, -0.2) is 0 Å². The second-order valence-electron chi connectivity index (χ2n) is 4.56. The highest BCUT2D eigenvalue weighted by atomic mass is 16.5. The first-order valence-corrected chi connectivity index (χ1v) is 6.66. The summed E-state index contributed by atoms with van der Waals surface area (Å²) in [5.41, 5.74) is 2.41. The molecule has 1 aromatic rings. The molecule has 0 aromatic heterocycles. The summed E-state index contributed by atoms with van der Waals surface area (Å²) in [5.74, 6) is 0.954. The predicted octanol–water partition coefficient (Wildman–Crippen LogP) is 4.00. The fourth-order valence-corrected chi connectivity index (χ4v) is 1.56. The molecule has 0 fully saturated rings. The van der Waals surface area contributed by atoms with Gasteiger partial charge in [0.05, 0.1) is 13.2 Å². The molecule has 18 heavy (non-hydrogen) atoms. The third kappa shape index (κ3) is 6.45. The van der Waals surface area contributed by atoms with Gasteiger partial charge in [-0.1, -0.05) is 31.2 Å². The highest BCUT2D eigenvalue weighted by molar-refractivity contribution is 5.27. The van der Waals surface area contributed by atoms with Gasteiger partial charge in [0.2, 0.25) is 0 Å². The van der Waals surface area contributed by atoms with Gasteiger partial charge in [0.1, 0.15) is 5.75 Å². The molecule has 0 aliphatic rings. The van der Waals surface area contributed by atoms with Crippen molar-refractivity contribution in [1.82, 2.24) is 0 Å². The fourth-order valence-electron chi connectivity index (χ4n) is 1.56.